The second-order valence-electron chi connectivity index (χ2n) is 7.41. The van der Waals surface area contributed by atoms with Crippen molar-refractivity contribution in [3.05, 3.63) is 11.4 Å². The van der Waals surface area contributed by atoms with Crippen molar-refractivity contribution in [1.29, 1.82) is 0 Å². The van der Waals surface area contributed by atoms with Crippen LogP contribution in [0.5, 0.6) is 5.88 Å². The fourth-order valence-electron chi connectivity index (χ4n) is 2.92. The minimum Gasteiger partial charge on any atom is -0.493 e. The van der Waals surface area contributed by atoms with E-state index in [2.05, 4.69) is 9.97 Å². The third-order valence-corrected chi connectivity index (χ3v) is 4.20. The first-order chi connectivity index (χ1) is 11.2. The molecule has 0 bridgehead atoms. The minimum absolute atomic E-state index is 0.0220. The molecule has 0 atom stereocenters. The standard InChI is InChI=1S/C17H28N4O3/c1-11-19-14(18)13(15(22)20-11)6-5-12-7-9-21(10-8-12)16(23)24-17(2,3)4/h12H,5-10H2,1-4H3,(H3,18,19,20,22). The Morgan fingerprint density at radius 2 is 1.96 bits per heavy atom. The van der Waals surface area contributed by atoms with Crippen molar-refractivity contribution in [2.24, 2.45) is 5.92 Å². The van der Waals surface area contributed by atoms with E-state index in [9.17, 15) is 9.90 Å². The summed E-state index contributed by atoms with van der Waals surface area (Å²) in [6, 6.07) is 0. The van der Waals surface area contributed by atoms with Crippen LogP contribution in [0.3, 0.4) is 0 Å². The number of aromatic nitrogens is 2. The normalized spacial score (nSPS) is 16.2. The molecule has 0 aromatic carbocycles. The fourth-order valence-corrected chi connectivity index (χ4v) is 2.92. The Balaban J connectivity index is 1.83. The molecule has 24 heavy (non-hydrogen) atoms. The third kappa shape index (κ3) is 4.97. The zero-order valence-corrected chi connectivity index (χ0v) is 15.0. The van der Waals surface area contributed by atoms with E-state index in [1.165, 1.54) is 0 Å². The van der Waals surface area contributed by atoms with Gasteiger partial charge in [-0.1, -0.05) is 0 Å². The molecule has 7 nitrogen and oxygen atoms in total. The number of nitrogen functional groups attached to an aromatic ring is 1. The highest BCUT2D eigenvalue weighted by molar-refractivity contribution is 5.68. The number of amides is 1. The zero-order chi connectivity index (χ0) is 17.9. The van der Waals surface area contributed by atoms with E-state index in [0.29, 0.717) is 42.6 Å². The first kappa shape index (κ1) is 18.3. The molecule has 0 radical (unpaired) electrons. The van der Waals surface area contributed by atoms with Gasteiger partial charge < -0.3 is 20.5 Å². The summed E-state index contributed by atoms with van der Waals surface area (Å²) in [5, 5.41) is 9.92. The van der Waals surface area contributed by atoms with Crippen LogP contribution in [0.15, 0.2) is 0 Å². The maximum Gasteiger partial charge on any atom is 0.410 e. The van der Waals surface area contributed by atoms with E-state index >= 15 is 0 Å². The molecule has 1 fully saturated rings. The average molecular weight is 336 g/mol. The number of hydrogen-bond donors (Lipinski definition) is 2. The number of piperidine rings is 1. The first-order valence-electron chi connectivity index (χ1n) is 8.45. The highest BCUT2D eigenvalue weighted by Crippen LogP contribution is 2.27. The number of nitrogens with two attached hydrogens (primary N) is 1. The summed E-state index contributed by atoms with van der Waals surface area (Å²) < 4.78 is 5.41. The van der Waals surface area contributed by atoms with Gasteiger partial charge in [0.15, 0.2) is 0 Å². The molecule has 0 aliphatic carbocycles. The van der Waals surface area contributed by atoms with Crippen LogP contribution in [-0.2, 0) is 11.2 Å². The summed E-state index contributed by atoms with van der Waals surface area (Å²) in [6.07, 6.45) is 3.15. The van der Waals surface area contributed by atoms with Crippen molar-refractivity contribution in [3.8, 4) is 5.88 Å². The van der Waals surface area contributed by atoms with Crippen molar-refractivity contribution in [3.63, 3.8) is 0 Å². The Kier molecular flexibility index (Phi) is 5.51. The number of aromatic hydroxyl groups is 1. The van der Waals surface area contributed by atoms with Crippen LogP contribution in [0.25, 0.3) is 0 Å². The first-order valence-corrected chi connectivity index (χ1v) is 8.45. The number of carbonyl (C=O) groups excluding carboxylic acids is 1. The van der Waals surface area contributed by atoms with Crippen molar-refractivity contribution in [2.75, 3.05) is 18.8 Å². The van der Waals surface area contributed by atoms with Gasteiger partial charge in [-0.2, -0.15) is 4.98 Å². The molecule has 0 spiro atoms. The highest BCUT2D eigenvalue weighted by Gasteiger charge is 2.27. The second kappa shape index (κ2) is 7.23. The number of rotatable bonds is 3. The van der Waals surface area contributed by atoms with Crippen LogP contribution in [0.2, 0.25) is 0 Å². The molecule has 134 valence electrons. The molecular weight excluding hydrogens is 308 g/mol. The van der Waals surface area contributed by atoms with E-state index in [4.69, 9.17) is 10.5 Å². The summed E-state index contributed by atoms with van der Waals surface area (Å²) in [4.78, 5) is 21.9. The van der Waals surface area contributed by atoms with E-state index in [0.717, 1.165) is 19.3 Å². The van der Waals surface area contributed by atoms with Gasteiger partial charge in [-0.05, 0) is 59.3 Å². The molecule has 1 amide bonds. The third-order valence-electron chi connectivity index (χ3n) is 4.20. The predicted molar refractivity (Wildman–Crippen MR) is 91.7 cm³/mol. The molecule has 2 rings (SSSR count). The van der Waals surface area contributed by atoms with Gasteiger partial charge in [0.05, 0.1) is 5.56 Å². The second-order valence-corrected chi connectivity index (χ2v) is 7.41. The smallest absolute Gasteiger partial charge is 0.410 e. The van der Waals surface area contributed by atoms with E-state index in [1.807, 2.05) is 20.8 Å². The lowest BCUT2D eigenvalue weighted by atomic mass is 9.91. The lowest BCUT2D eigenvalue weighted by Gasteiger charge is -2.33. The Morgan fingerprint density at radius 3 is 2.50 bits per heavy atom. The van der Waals surface area contributed by atoms with Gasteiger partial charge in [-0.15, -0.1) is 0 Å². The van der Waals surface area contributed by atoms with E-state index < -0.39 is 5.60 Å². The van der Waals surface area contributed by atoms with Crippen LogP contribution in [0.1, 0.15) is 51.4 Å². The number of aryl methyl sites for hydroxylation is 1. The highest BCUT2D eigenvalue weighted by atomic mass is 16.6. The molecule has 1 aliphatic heterocycles. The molecule has 1 aliphatic rings. The van der Waals surface area contributed by atoms with Crippen LogP contribution >= 0.6 is 0 Å². The Morgan fingerprint density at radius 1 is 1.33 bits per heavy atom. The van der Waals surface area contributed by atoms with Gasteiger partial charge >= 0.3 is 6.09 Å². The average Bonchev–Trinajstić information content (AvgIpc) is 2.45. The molecule has 7 heteroatoms. The maximum absolute atomic E-state index is 12.1. The molecule has 1 aromatic rings. The summed E-state index contributed by atoms with van der Waals surface area (Å²) in [6.45, 7) is 8.72. The molecular formula is C17H28N4O3. The number of hydrogen-bond acceptors (Lipinski definition) is 6. The minimum atomic E-state index is -0.464. The summed E-state index contributed by atoms with van der Waals surface area (Å²) in [5.41, 5.74) is 6.03. The molecule has 0 saturated carbocycles. The predicted octanol–water partition coefficient (Wildman–Crippen LogP) is 2.65. The number of ether oxygens (including phenoxy) is 1. The van der Waals surface area contributed by atoms with Crippen molar-refractivity contribution in [1.82, 2.24) is 14.9 Å². The topological polar surface area (TPSA) is 102 Å². The SMILES string of the molecule is Cc1nc(N)c(CCC2CCN(C(=O)OC(C)(C)C)CC2)c(O)n1. The molecule has 1 aromatic heterocycles. The number of carbonyl (C=O) groups is 1. The Bertz CT molecular complexity index is 567. The molecule has 0 unspecified atom stereocenters. The molecule has 1 saturated heterocycles. The Hall–Kier alpha value is -2.05. The van der Waals surface area contributed by atoms with Crippen molar-refractivity contribution >= 4 is 11.9 Å². The van der Waals surface area contributed by atoms with Gasteiger partial charge in [0.2, 0.25) is 5.88 Å². The summed E-state index contributed by atoms with van der Waals surface area (Å²) in [5.74, 6) is 1.29. The number of anilines is 1. The van der Waals surface area contributed by atoms with Gasteiger partial charge in [0.25, 0.3) is 0 Å². The van der Waals surface area contributed by atoms with Crippen molar-refractivity contribution in [2.45, 2.75) is 59.0 Å². The van der Waals surface area contributed by atoms with Gasteiger partial charge in [-0.3, -0.25) is 0 Å². The lowest BCUT2D eigenvalue weighted by Crippen LogP contribution is -2.41. The van der Waals surface area contributed by atoms with E-state index in [1.54, 1.807) is 11.8 Å². The number of nitrogens with zero attached hydrogens (tertiary/aromatic N) is 3. The monoisotopic (exact) mass is 336 g/mol. The molecule has 3 N–H and O–H groups in total. The quantitative estimate of drug-likeness (QED) is 0.880. The lowest BCUT2D eigenvalue weighted by molar-refractivity contribution is 0.0181. The van der Waals surface area contributed by atoms with Crippen LogP contribution in [-0.4, -0.2) is 44.8 Å². The molecule has 2 heterocycles. The van der Waals surface area contributed by atoms with Gasteiger partial charge in [-0.25, -0.2) is 9.78 Å². The fraction of sp³-hybridized carbons (Fsp3) is 0.706. The van der Waals surface area contributed by atoms with Crippen molar-refractivity contribution < 1.29 is 14.6 Å². The maximum atomic E-state index is 12.1. The van der Waals surface area contributed by atoms with E-state index in [-0.39, 0.29) is 12.0 Å². The zero-order valence-electron chi connectivity index (χ0n) is 15.0. The summed E-state index contributed by atoms with van der Waals surface area (Å²) >= 11 is 0. The Labute approximate surface area is 143 Å². The van der Waals surface area contributed by atoms with Gasteiger partial charge in [0.1, 0.15) is 17.2 Å². The van der Waals surface area contributed by atoms with Crippen LogP contribution in [0, 0.1) is 12.8 Å². The largest absolute Gasteiger partial charge is 0.493 e. The van der Waals surface area contributed by atoms with Gasteiger partial charge in [0, 0.05) is 13.1 Å². The summed E-state index contributed by atoms with van der Waals surface area (Å²) in [7, 11) is 0. The van der Waals surface area contributed by atoms with Crippen LogP contribution in [0.4, 0.5) is 10.6 Å². The number of likely N-dealkylation sites (tertiary alicyclic amines) is 1. The van der Waals surface area contributed by atoms with Crippen LogP contribution < -0.4 is 5.73 Å².